The van der Waals surface area contributed by atoms with Crippen LogP contribution in [0.5, 0.6) is 17.2 Å². The molecule has 1 aromatic heterocycles. The minimum atomic E-state index is -1.17. The van der Waals surface area contributed by atoms with Crippen molar-refractivity contribution in [2.24, 2.45) is 51.4 Å². The normalized spacial score (nSPS) is 34.0. The van der Waals surface area contributed by atoms with Gasteiger partial charge in [-0.05, 0) is 180 Å². The number of aromatic amines is 1. The van der Waals surface area contributed by atoms with Crippen molar-refractivity contribution in [3.8, 4) is 29.1 Å². The smallest absolute Gasteiger partial charge is 0.165 e. The molecule has 13 rings (SSSR count). The monoisotopic (exact) mass is 1220 g/mol. The van der Waals surface area contributed by atoms with Crippen LogP contribution in [-0.2, 0) is 36.2 Å². The molecule has 5 aromatic rings. The summed E-state index contributed by atoms with van der Waals surface area (Å²) in [6.45, 7) is 2.28. The number of hydrogen-bond acceptors (Lipinski definition) is 14. The number of carbonyl (C=O) groups is 2. The van der Waals surface area contributed by atoms with Crippen LogP contribution in [0.25, 0.3) is 0 Å². The number of phenolic OH excluding ortho intramolecular Hbond substituents is 2. The van der Waals surface area contributed by atoms with Gasteiger partial charge in [0.15, 0.2) is 23.1 Å². The van der Waals surface area contributed by atoms with Gasteiger partial charge in [0, 0.05) is 76.9 Å². The molecule has 444 valence electrons. The lowest BCUT2D eigenvalue weighted by Gasteiger charge is -2.53. The van der Waals surface area contributed by atoms with Gasteiger partial charge in [0.25, 0.3) is 0 Å². The van der Waals surface area contributed by atoms with E-state index in [0.717, 1.165) is 64.9 Å². The van der Waals surface area contributed by atoms with Crippen molar-refractivity contribution in [3.63, 3.8) is 0 Å². The van der Waals surface area contributed by atoms with Gasteiger partial charge >= 0.3 is 0 Å². The van der Waals surface area contributed by atoms with E-state index in [2.05, 4.69) is 77.5 Å². The number of benzene rings is 4. The quantitative estimate of drug-likeness (QED) is 0.0358. The lowest BCUT2D eigenvalue weighted by atomic mass is 9.52. The lowest BCUT2D eigenvalue weighted by molar-refractivity contribution is -0.114. The highest BCUT2D eigenvalue weighted by molar-refractivity contribution is 8.77. The summed E-state index contributed by atoms with van der Waals surface area (Å²) in [4.78, 5) is 32.2. The van der Waals surface area contributed by atoms with Crippen molar-refractivity contribution in [2.45, 2.75) is 131 Å². The molecule has 2 aliphatic heterocycles. The number of carbonyl (C=O) groups excluding carboxylic acids is 2. The number of ketones is 2. The Bertz CT molecular complexity index is 3580. The van der Waals surface area contributed by atoms with Gasteiger partial charge in [-0.2, -0.15) is 0 Å². The van der Waals surface area contributed by atoms with Crippen molar-refractivity contribution in [3.05, 3.63) is 183 Å². The first kappa shape index (κ1) is 58.9. The van der Waals surface area contributed by atoms with Crippen LogP contribution >= 0.6 is 43.2 Å². The van der Waals surface area contributed by atoms with Gasteiger partial charge < -0.3 is 46.7 Å². The van der Waals surface area contributed by atoms with Crippen molar-refractivity contribution in [1.29, 1.82) is 0 Å². The fraction of sp³-hybridized carbons (Fsp3) is 0.457. The number of H-pyrrole nitrogens is 1. The van der Waals surface area contributed by atoms with Crippen LogP contribution in [0.1, 0.15) is 149 Å². The number of aromatic hydroxyl groups is 2. The van der Waals surface area contributed by atoms with Gasteiger partial charge in [-0.1, -0.05) is 134 Å². The second-order valence-corrected chi connectivity index (χ2v) is 31.3. The van der Waals surface area contributed by atoms with E-state index in [1.165, 1.54) is 11.1 Å². The van der Waals surface area contributed by atoms with Crippen molar-refractivity contribution >= 4 is 54.7 Å². The second-order valence-electron chi connectivity index (χ2n) is 26.2. The standard InChI is InChI=1S/C70H77N3O8S4/c1-66(79)21-5-22-69-25-24-68(40-66)34-47-13-17-64(85-84-39-57(69)56(36-74)50-8-3-2-6-45(50)32-63(68)69)70(80)41-67(47)23-18-49(75)14-10-42-12-16-60(77)62(29-42)81-27-20-43-11-15-59(76)55(28-43)54-33-61(78)51-19-26-73-58(51)9-4-7-44-30-53(65(71)72)46(31-52(44)54)37-82-83-38-48(70)35-67/h2-3,6,8,11-13,15-19,23-26,28-31,47-48,54,56-57,63-65,73-74,76-77,79-80H,5,9-10,14,20-22,27,32-41,71-72H2,1H3/b23-18+/t47-,48+,54-,56+,57+,63-,64+,66+,67-,68-,69-,70+/m0/s1. The molecular weight excluding hydrogens is 1140 g/mol. The highest BCUT2D eigenvalue weighted by atomic mass is 33.1. The summed E-state index contributed by atoms with van der Waals surface area (Å²) in [7, 11) is 7.00. The maximum Gasteiger partial charge on any atom is 0.165 e. The maximum atomic E-state index is 14.5. The average Bonchev–Trinajstić information content (AvgIpc) is 1.66. The van der Waals surface area contributed by atoms with E-state index < -0.39 is 34.1 Å². The van der Waals surface area contributed by atoms with Crippen molar-refractivity contribution in [2.75, 3.05) is 24.7 Å². The van der Waals surface area contributed by atoms with Crippen molar-refractivity contribution in [1.82, 2.24) is 4.98 Å². The molecule has 12 atom stereocenters. The molecule has 6 aliphatic carbocycles. The summed E-state index contributed by atoms with van der Waals surface area (Å²) < 4.78 is 6.29. The number of nitrogens with one attached hydrogen (secondary N) is 1. The predicted octanol–water partition coefficient (Wildman–Crippen LogP) is 12.1. The minimum Gasteiger partial charge on any atom is -0.508 e. The number of nitrogens with two attached hydrogens (primary N) is 2. The van der Waals surface area contributed by atoms with Crippen LogP contribution in [0.15, 0.2) is 122 Å². The van der Waals surface area contributed by atoms with Crippen LogP contribution < -0.4 is 16.2 Å². The van der Waals surface area contributed by atoms with Gasteiger partial charge in [0.1, 0.15) is 5.75 Å². The van der Waals surface area contributed by atoms with E-state index in [9.17, 15) is 35.1 Å². The molecule has 0 radical (unpaired) electrons. The highest BCUT2D eigenvalue weighted by Gasteiger charge is 2.65. The summed E-state index contributed by atoms with van der Waals surface area (Å²) in [5.74, 6) is 8.19. The molecule has 0 saturated heterocycles. The number of rotatable bonds is 2. The number of aliphatic hydroxyl groups is 3. The number of aryl methyl sites for hydroxylation is 1. The molecule has 15 heteroatoms. The fourth-order valence-corrected chi connectivity index (χ4v) is 22.8. The maximum absolute atomic E-state index is 14.5. The zero-order chi connectivity index (χ0) is 58.9. The third-order valence-electron chi connectivity index (χ3n) is 21.1. The predicted molar refractivity (Wildman–Crippen MR) is 343 cm³/mol. The van der Waals surface area contributed by atoms with Gasteiger partial charge in [-0.25, -0.2) is 0 Å². The zero-order valence-corrected chi connectivity index (χ0v) is 51.4. The molecule has 0 amide bonds. The number of ether oxygens (including phenoxy) is 1. The molecule has 11 nitrogen and oxygen atoms in total. The first-order valence-corrected chi connectivity index (χ1v) is 35.3. The van der Waals surface area contributed by atoms with E-state index in [-0.39, 0.29) is 89.4 Å². The molecule has 10 N–H and O–H groups in total. The first-order valence-electron chi connectivity index (χ1n) is 30.4. The van der Waals surface area contributed by atoms with Crippen LogP contribution in [0, 0.1) is 51.8 Å². The second kappa shape index (κ2) is 23.4. The summed E-state index contributed by atoms with van der Waals surface area (Å²) in [6.07, 6.45) is 21.9. The number of allylic oxidation sites excluding steroid dienone is 5. The van der Waals surface area contributed by atoms with E-state index >= 15 is 0 Å². The molecule has 4 aromatic carbocycles. The summed E-state index contributed by atoms with van der Waals surface area (Å²) in [5, 5.41) is 60.6. The van der Waals surface area contributed by atoms with E-state index in [1.807, 2.05) is 42.0 Å². The van der Waals surface area contributed by atoms with Crippen LogP contribution in [0.3, 0.4) is 0 Å². The Morgan fingerprint density at radius 2 is 1.64 bits per heavy atom. The highest BCUT2D eigenvalue weighted by Crippen LogP contribution is 2.70. The van der Waals surface area contributed by atoms with Crippen molar-refractivity contribution < 1.29 is 39.9 Å². The Morgan fingerprint density at radius 1 is 0.800 bits per heavy atom. The van der Waals surface area contributed by atoms with Gasteiger partial charge in [0.2, 0.25) is 0 Å². The lowest BCUT2D eigenvalue weighted by Crippen LogP contribution is -2.49. The van der Waals surface area contributed by atoms with Gasteiger partial charge in [-0.15, -0.1) is 0 Å². The summed E-state index contributed by atoms with van der Waals surface area (Å²) in [6, 6.07) is 25.3. The Balaban J connectivity index is 0.909. The molecule has 3 heterocycles. The van der Waals surface area contributed by atoms with Crippen LogP contribution in [0.2, 0.25) is 0 Å². The number of phenols is 2. The Morgan fingerprint density at radius 3 is 2.48 bits per heavy atom. The topological polar surface area (TPSA) is 212 Å². The number of Topliss-reactive ketones (excluding diaryl/α,β-unsaturated/α-hetero) is 1. The van der Waals surface area contributed by atoms with E-state index in [1.54, 1.807) is 68.9 Å². The zero-order valence-electron chi connectivity index (χ0n) is 48.1. The third-order valence-corrected chi connectivity index (χ3v) is 26.3. The average molecular weight is 1220 g/mol. The Kier molecular flexibility index (Phi) is 16.2. The molecule has 2 saturated carbocycles. The first-order chi connectivity index (χ1) is 41.0. The van der Waals surface area contributed by atoms with Gasteiger partial charge in [0.05, 0.1) is 42.3 Å². The molecule has 8 aliphatic rings. The number of hydrogen-bond donors (Lipinski definition) is 8. The largest absolute Gasteiger partial charge is 0.508 e. The molecular formula is C70H77N3O8S4. The van der Waals surface area contributed by atoms with Crippen LogP contribution in [0.4, 0.5) is 0 Å². The Hall–Kier alpha value is -5.12. The molecule has 15 bridgehead atoms. The number of fused-ring (bicyclic) bond motifs is 14. The number of aromatic nitrogens is 1. The SMILES string of the molecule is C[C@@]1(O)CCC[C@]23C=C[C@]4(C[C@@H]5C=C[C@@H](SSC[C@@H]2[C@H](CO)c2ccccc2C[C@@H]43)[C@@]2(O)C[C@@]53/C=C/C(=O)CCc4ccc(O)c(c4)OCCc4ccc(O)c(c4)[C@H]4CC(=O)c5cc[nH]c5CC#Cc5cc(C(N)N)c(cc54)CSSC[C@H]2C3)C1. The van der Waals surface area contributed by atoms with Gasteiger partial charge in [-0.3, -0.25) is 9.59 Å². The minimum absolute atomic E-state index is 0.0132. The Labute approximate surface area is 514 Å². The fourth-order valence-electron chi connectivity index (χ4n) is 17.0. The molecule has 85 heavy (non-hydrogen) atoms. The molecule has 0 unspecified atom stereocenters. The van der Waals surface area contributed by atoms with Crippen LogP contribution in [-0.4, -0.2) is 83.3 Å². The molecule has 2 fully saturated rings. The number of aliphatic hydroxyl groups excluding tert-OH is 1. The summed E-state index contributed by atoms with van der Waals surface area (Å²) in [5.41, 5.74) is 19.1. The molecule has 1 spiro atoms. The van der Waals surface area contributed by atoms with E-state index in [4.69, 9.17) is 16.2 Å². The third kappa shape index (κ3) is 11.0. The summed E-state index contributed by atoms with van der Waals surface area (Å²) >= 11 is 0. The van der Waals surface area contributed by atoms with E-state index in [0.29, 0.717) is 78.9 Å².